The van der Waals surface area contributed by atoms with Crippen molar-refractivity contribution in [2.24, 2.45) is 17.6 Å². The van der Waals surface area contributed by atoms with E-state index >= 15 is 0 Å². The highest BCUT2D eigenvalue weighted by molar-refractivity contribution is 5.79. The second kappa shape index (κ2) is 5.17. The number of nitrogens with one attached hydrogen (secondary N) is 1. The molecule has 18 heavy (non-hydrogen) atoms. The molecule has 0 aromatic heterocycles. The van der Waals surface area contributed by atoms with Crippen molar-refractivity contribution in [3.8, 4) is 0 Å². The van der Waals surface area contributed by atoms with Crippen molar-refractivity contribution in [3.63, 3.8) is 0 Å². The van der Waals surface area contributed by atoms with E-state index in [1.807, 2.05) is 0 Å². The lowest BCUT2D eigenvalue weighted by Crippen LogP contribution is -2.45. The van der Waals surface area contributed by atoms with Gasteiger partial charge in [-0.05, 0) is 50.9 Å². The average Bonchev–Trinajstić information content (AvgIpc) is 3.11. The fourth-order valence-corrected chi connectivity index (χ4v) is 3.34. The van der Waals surface area contributed by atoms with Gasteiger partial charge in [-0.2, -0.15) is 0 Å². The zero-order valence-electron chi connectivity index (χ0n) is 10.9. The Hall–Kier alpha value is -0.610. The molecule has 2 unspecified atom stereocenters. The van der Waals surface area contributed by atoms with Gasteiger partial charge in [0, 0.05) is 18.6 Å². The maximum Gasteiger partial charge on any atom is 0.223 e. The lowest BCUT2D eigenvalue weighted by atomic mass is 9.85. The zero-order valence-corrected chi connectivity index (χ0v) is 10.9. The Morgan fingerprint density at radius 1 is 1.06 bits per heavy atom. The molecule has 2 atom stereocenters. The van der Waals surface area contributed by atoms with Crippen molar-refractivity contribution in [2.45, 2.75) is 63.1 Å². The molecule has 0 aromatic rings. The first-order valence-electron chi connectivity index (χ1n) is 7.41. The third-order valence-electron chi connectivity index (χ3n) is 4.69. The van der Waals surface area contributed by atoms with Gasteiger partial charge in [-0.1, -0.05) is 0 Å². The number of hydrogen-bond donors (Lipinski definition) is 2. The average molecular weight is 252 g/mol. The summed E-state index contributed by atoms with van der Waals surface area (Å²) >= 11 is 0. The highest BCUT2D eigenvalue weighted by Gasteiger charge is 2.41. The van der Waals surface area contributed by atoms with Crippen molar-refractivity contribution in [1.82, 2.24) is 5.32 Å². The fourth-order valence-electron chi connectivity index (χ4n) is 3.34. The molecule has 3 aliphatic rings. The van der Waals surface area contributed by atoms with Gasteiger partial charge in [-0.3, -0.25) is 4.79 Å². The third-order valence-corrected chi connectivity index (χ3v) is 4.69. The van der Waals surface area contributed by atoms with Crippen LogP contribution >= 0.6 is 0 Å². The molecule has 1 heterocycles. The van der Waals surface area contributed by atoms with Crippen molar-refractivity contribution in [2.75, 3.05) is 6.61 Å². The van der Waals surface area contributed by atoms with E-state index < -0.39 is 0 Å². The first-order valence-corrected chi connectivity index (χ1v) is 7.41. The van der Waals surface area contributed by atoms with Gasteiger partial charge in [0.1, 0.15) is 0 Å². The lowest BCUT2D eigenvalue weighted by Gasteiger charge is -2.27. The largest absolute Gasteiger partial charge is 0.376 e. The normalized spacial score (nSPS) is 40.7. The van der Waals surface area contributed by atoms with Crippen LogP contribution in [0.5, 0.6) is 0 Å². The standard InChI is InChI=1S/C14H24N2O2/c15-11-5-3-10(4-6-11)14(17)16-12-7-8-18-13(12)9-1-2-9/h9-13H,1-8,15H2,(H,16,17). The van der Waals surface area contributed by atoms with E-state index in [1.165, 1.54) is 12.8 Å². The summed E-state index contributed by atoms with van der Waals surface area (Å²) in [4.78, 5) is 12.2. The van der Waals surface area contributed by atoms with Crippen LogP contribution in [0, 0.1) is 11.8 Å². The van der Waals surface area contributed by atoms with Crippen molar-refractivity contribution in [3.05, 3.63) is 0 Å². The monoisotopic (exact) mass is 252 g/mol. The molecule has 4 nitrogen and oxygen atoms in total. The van der Waals surface area contributed by atoms with E-state index in [0.717, 1.165) is 38.7 Å². The van der Waals surface area contributed by atoms with E-state index in [0.29, 0.717) is 18.1 Å². The second-order valence-corrected chi connectivity index (χ2v) is 6.19. The van der Waals surface area contributed by atoms with Crippen LogP contribution in [0.2, 0.25) is 0 Å². The Balaban J connectivity index is 1.50. The molecule has 0 radical (unpaired) electrons. The number of amides is 1. The van der Waals surface area contributed by atoms with Crippen LogP contribution in [0.4, 0.5) is 0 Å². The molecule has 1 aliphatic heterocycles. The van der Waals surface area contributed by atoms with Gasteiger partial charge in [-0.15, -0.1) is 0 Å². The summed E-state index contributed by atoms with van der Waals surface area (Å²) in [6.07, 6.45) is 7.71. The summed E-state index contributed by atoms with van der Waals surface area (Å²) in [6.45, 7) is 0.807. The first kappa shape index (κ1) is 12.4. The second-order valence-electron chi connectivity index (χ2n) is 6.19. The van der Waals surface area contributed by atoms with Crippen LogP contribution < -0.4 is 11.1 Å². The van der Waals surface area contributed by atoms with Crippen LogP contribution in [-0.4, -0.2) is 30.7 Å². The minimum Gasteiger partial charge on any atom is -0.376 e. The molecule has 3 rings (SSSR count). The fraction of sp³-hybridized carbons (Fsp3) is 0.929. The Bertz CT molecular complexity index is 309. The van der Waals surface area contributed by atoms with Gasteiger partial charge in [0.05, 0.1) is 12.1 Å². The Labute approximate surface area is 109 Å². The molecule has 2 aliphatic carbocycles. The van der Waals surface area contributed by atoms with Gasteiger partial charge >= 0.3 is 0 Å². The summed E-state index contributed by atoms with van der Waals surface area (Å²) < 4.78 is 5.76. The van der Waals surface area contributed by atoms with E-state index in [9.17, 15) is 4.79 Å². The van der Waals surface area contributed by atoms with Crippen LogP contribution in [0.3, 0.4) is 0 Å². The SMILES string of the molecule is NC1CCC(C(=O)NC2CCOC2C2CC2)CC1. The topological polar surface area (TPSA) is 64.4 Å². The number of ether oxygens (including phenoxy) is 1. The predicted molar refractivity (Wildman–Crippen MR) is 68.9 cm³/mol. The summed E-state index contributed by atoms with van der Waals surface area (Å²) in [6, 6.07) is 0.573. The zero-order chi connectivity index (χ0) is 12.5. The summed E-state index contributed by atoms with van der Waals surface area (Å²) in [7, 11) is 0. The van der Waals surface area contributed by atoms with Gasteiger partial charge in [-0.25, -0.2) is 0 Å². The van der Waals surface area contributed by atoms with Crippen LogP contribution in [-0.2, 0) is 9.53 Å². The minimum atomic E-state index is 0.185. The van der Waals surface area contributed by atoms with E-state index in [1.54, 1.807) is 0 Å². The molecule has 3 N–H and O–H groups in total. The highest BCUT2D eigenvalue weighted by Crippen LogP contribution is 2.39. The molecule has 0 bridgehead atoms. The molecule has 102 valence electrons. The number of carbonyl (C=O) groups excluding carboxylic acids is 1. The van der Waals surface area contributed by atoms with Crippen LogP contribution in [0.25, 0.3) is 0 Å². The van der Waals surface area contributed by atoms with Gasteiger partial charge in [0.15, 0.2) is 0 Å². The first-order chi connectivity index (χ1) is 8.74. The Morgan fingerprint density at radius 3 is 2.44 bits per heavy atom. The summed E-state index contributed by atoms with van der Waals surface area (Å²) in [5.41, 5.74) is 5.88. The molecule has 1 amide bonds. The van der Waals surface area contributed by atoms with Crippen molar-refractivity contribution >= 4 is 5.91 Å². The quantitative estimate of drug-likeness (QED) is 0.793. The van der Waals surface area contributed by atoms with E-state index in [4.69, 9.17) is 10.5 Å². The maximum absolute atomic E-state index is 12.2. The van der Waals surface area contributed by atoms with Crippen LogP contribution in [0.15, 0.2) is 0 Å². The number of carbonyl (C=O) groups is 1. The highest BCUT2D eigenvalue weighted by atomic mass is 16.5. The molecular weight excluding hydrogens is 228 g/mol. The number of nitrogens with two attached hydrogens (primary N) is 1. The molecule has 0 spiro atoms. The van der Waals surface area contributed by atoms with Crippen LogP contribution in [0.1, 0.15) is 44.9 Å². The maximum atomic E-state index is 12.2. The van der Waals surface area contributed by atoms with Gasteiger partial charge in [0.25, 0.3) is 0 Å². The third kappa shape index (κ3) is 2.69. The van der Waals surface area contributed by atoms with Gasteiger partial charge in [0.2, 0.25) is 5.91 Å². The summed E-state index contributed by atoms with van der Waals surface area (Å²) in [5, 5.41) is 3.23. The Morgan fingerprint density at radius 2 is 1.78 bits per heavy atom. The van der Waals surface area contributed by atoms with Crippen molar-refractivity contribution in [1.29, 1.82) is 0 Å². The lowest BCUT2D eigenvalue weighted by molar-refractivity contribution is -0.127. The van der Waals surface area contributed by atoms with E-state index in [-0.39, 0.29) is 17.9 Å². The van der Waals surface area contributed by atoms with E-state index in [2.05, 4.69) is 5.32 Å². The smallest absolute Gasteiger partial charge is 0.223 e. The molecule has 0 aromatic carbocycles. The molecule has 3 fully saturated rings. The molecular formula is C14H24N2O2. The number of hydrogen-bond acceptors (Lipinski definition) is 3. The Kier molecular flexibility index (Phi) is 3.57. The molecule has 1 saturated heterocycles. The summed E-state index contributed by atoms with van der Waals surface area (Å²) in [5.74, 6) is 1.13. The molecule has 2 saturated carbocycles. The van der Waals surface area contributed by atoms with Gasteiger partial charge < -0.3 is 15.8 Å². The predicted octanol–water partition coefficient (Wildman–Crippen LogP) is 1.19. The molecule has 4 heteroatoms. The number of rotatable bonds is 3. The van der Waals surface area contributed by atoms with Crippen molar-refractivity contribution < 1.29 is 9.53 Å². The minimum absolute atomic E-state index is 0.185.